The van der Waals surface area contributed by atoms with E-state index in [2.05, 4.69) is 20.4 Å². The van der Waals surface area contributed by atoms with Gasteiger partial charge in [0, 0.05) is 18.1 Å². The van der Waals surface area contributed by atoms with Crippen LogP contribution in [0.4, 0.5) is 19.0 Å². The number of para-hydroxylation sites is 1. The molecule has 0 radical (unpaired) electrons. The zero-order valence-electron chi connectivity index (χ0n) is 12.3. The number of aromatic nitrogens is 4. The first kappa shape index (κ1) is 14.7. The summed E-state index contributed by atoms with van der Waals surface area (Å²) in [5, 5.41) is 7.06. The van der Waals surface area contributed by atoms with Gasteiger partial charge in [-0.2, -0.15) is 27.8 Å². The molecule has 0 aliphatic carbocycles. The molecule has 0 unspecified atom stereocenters. The lowest BCUT2D eigenvalue weighted by Gasteiger charge is -2.27. The Kier molecular flexibility index (Phi) is 3.29. The summed E-state index contributed by atoms with van der Waals surface area (Å²) in [4.78, 5) is 7.27. The van der Waals surface area contributed by atoms with Crippen molar-refractivity contribution in [3.05, 3.63) is 47.9 Å². The average molecular weight is 335 g/mol. The number of benzene rings is 1. The molecular formula is C15H12F3N5O. The Labute approximate surface area is 134 Å². The highest BCUT2D eigenvalue weighted by molar-refractivity contribution is 5.49. The third kappa shape index (κ3) is 2.51. The van der Waals surface area contributed by atoms with Crippen LogP contribution in [-0.2, 0) is 6.18 Å². The van der Waals surface area contributed by atoms with Gasteiger partial charge in [0.15, 0.2) is 5.69 Å². The van der Waals surface area contributed by atoms with Crippen LogP contribution in [0.1, 0.15) is 23.7 Å². The van der Waals surface area contributed by atoms with E-state index in [0.717, 1.165) is 17.4 Å². The summed E-state index contributed by atoms with van der Waals surface area (Å²) < 4.78 is 46.0. The minimum Gasteiger partial charge on any atom is -0.493 e. The Bertz CT molecular complexity index is 892. The number of alkyl halides is 3. The molecule has 1 aliphatic heterocycles. The first-order chi connectivity index (χ1) is 11.5. The number of halogens is 3. The standard InChI is InChI=1S/C15H12F3N5O/c16-15(17,18)12-7-13(23-14(22-12)19-8-20-23)21-10-5-6-24-11-4-2-1-3-9(10)11/h1-4,7-8,10,21H,5-6H2/t10-/m1/s1. The highest BCUT2D eigenvalue weighted by Gasteiger charge is 2.34. The lowest BCUT2D eigenvalue weighted by Crippen LogP contribution is -2.22. The predicted molar refractivity (Wildman–Crippen MR) is 78.7 cm³/mol. The fourth-order valence-electron chi connectivity index (χ4n) is 2.73. The van der Waals surface area contributed by atoms with Gasteiger partial charge in [-0.3, -0.25) is 0 Å². The van der Waals surface area contributed by atoms with Gasteiger partial charge in [-0.1, -0.05) is 18.2 Å². The molecule has 2 aromatic heterocycles. The molecule has 4 rings (SSSR count). The minimum absolute atomic E-state index is 0.104. The lowest BCUT2D eigenvalue weighted by atomic mass is 10.0. The molecule has 9 heteroatoms. The molecule has 0 amide bonds. The fraction of sp³-hybridized carbons (Fsp3) is 0.267. The first-order valence-electron chi connectivity index (χ1n) is 7.28. The van der Waals surface area contributed by atoms with Crippen LogP contribution in [0.3, 0.4) is 0 Å². The zero-order valence-corrected chi connectivity index (χ0v) is 12.3. The van der Waals surface area contributed by atoms with Crippen molar-refractivity contribution >= 4 is 11.6 Å². The normalized spacial score (nSPS) is 17.4. The highest BCUT2D eigenvalue weighted by Crippen LogP contribution is 2.35. The number of rotatable bonds is 2. The van der Waals surface area contributed by atoms with Crippen molar-refractivity contribution in [1.82, 2.24) is 19.6 Å². The summed E-state index contributed by atoms with van der Waals surface area (Å²) in [7, 11) is 0. The summed E-state index contributed by atoms with van der Waals surface area (Å²) in [6, 6.07) is 8.19. The van der Waals surface area contributed by atoms with E-state index >= 15 is 0 Å². The van der Waals surface area contributed by atoms with E-state index in [1.807, 2.05) is 24.3 Å². The molecule has 124 valence electrons. The lowest BCUT2D eigenvalue weighted by molar-refractivity contribution is -0.141. The Hall–Kier alpha value is -2.84. The van der Waals surface area contributed by atoms with Crippen molar-refractivity contribution in [3.63, 3.8) is 0 Å². The van der Waals surface area contributed by atoms with Crippen LogP contribution in [-0.4, -0.2) is 26.2 Å². The fourth-order valence-corrected chi connectivity index (χ4v) is 2.73. The van der Waals surface area contributed by atoms with Crippen LogP contribution in [0, 0.1) is 0 Å². The number of hydrogen-bond donors (Lipinski definition) is 1. The summed E-state index contributed by atoms with van der Waals surface area (Å²) >= 11 is 0. The minimum atomic E-state index is -4.56. The smallest absolute Gasteiger partial charge is 0.433 e. The molecule has 0 saturated heterocycles. The van der Waals surface area contributed by atoms with E-state index in [9.17, 15) is 13.2 Å². The summed E-state index contributed by atoms with van der Waals surface area (Å²) in [5.41, 5.74) is -0.117. The zero-order chi connectivity index (χ0) is 16.7. The van der Waals surface area contributed by atoms with E-state index in [1.54, 1.807) is 0 Å². The maximum absolute atomic E-state index is 13.1. The monoisotopic (exact) mass is 335 g/mol. The highest BCUT2D eigenvalue weighted by atomic mass is 19.4. The Balaban J connectivity index is 1.76. The number of nitrogens with one attached hydrogen (secondary N) is 1. The van der Waals surface area contributed by atoms with Gasteiger partial charge in [0.25, 0.3) is 5.78 Å². The number of hydrogen-bond acceptors (Lipinski definition) is 5. The van der Waals surface area contributed by atoms with Gasteiger partial charge in [0.05, 0.1) is 12.6 Å². The van der Waals surface area contributed by atoms with Crippen LogP contribution >= 0.6 is 0 Å². The molecule has 1 aromatic carbocycles. The molecule has 3 heterocycles. The Morgan fingerprint density at radius 3 is 2.92 bits per heavy atom. The van der Waals surface area contributed by atoms with E-state index in [1.165, 1.54) is 10.8 Å². The third-order valence-electron chi connectivity index (χ3n) is 3.82. The molecule has 0 bridgehead atoms. The molecule has 1 N–H and O–H groups in total. The first-order valence-corrected chi connectivity index (χ1v) is 7.28. The maximum atomic E-state index is 13.1. The van der Waals surface area contributed by atoms with Crippen LogP contribution in [0.15, 0.2) is 36.7 Å². The quantitative estimate of drug-likeness (QED) is 0.780. The van der Waals surface area contributed by atoms with Crippen molar-refractivity contribution in [2.24, 2.45) is 0 Å². The van der Waals surface area contributed by atoms with Gasteiger partial charge in [0.1, 0.15) is 17.9 Å². The Morgan fingerprint density at radius 2 is 2.08 bits per heavy atom. The van der Waals surface area contributed by atoms with Gasteiger partial charge in [-0.15, -0.1) is 0 Å². The second-order valence-corrected chi connectivity index (χ2v) is 5.37. The van der Waals surface area contributed by atoms with Gasteiger partial charge in [-0.05, 0) is 6.07 Å². The SMILES string of the molecule is FC(F)(F)c1cc(N[C@@H]2CCOc3ccccc32)n2ncnc2n1. The van der Waals surface area contributed by atoms with E-state index < -0.39 is 11.9 Å². The van der Waals surface area contributed by atoms with Gasteiger partial charge < -0.3 is 10.1 Å². The summed E-state index contributed by atoms with van der Waals surface area (Å²) in [5.74, 6) is 0.806. The number of nitrogens with zero attached hydrogens (tertiary/aromatic N) is 4. The van der Waals surface area contributed by atoms with Crippen LogP contribution in [0.2, 0.25) is 0 Å². The molecule has 3 aromatic rings. The van der Waals surface area contributed by atoms with Crippen molar-refractivity contribution in [2.45, 2.75) is 18.6 Å². The maximum Gasteiger partial charge on any atom is 0.433 e. The van der Waals surface area contributed by atoms with Gasteiger partial charge >= 0.3 is 6.18 Å². The van der Waals surface area contributed by atoms with Crippen LogP contribution in [0.5, 0.6) is 5.75 Å². The molecular weight excluding hydrogens is 323 g/mol. The van der Waals surface area contributed by atoms with Crippen molar-refractivity contribution in [2.75, 3.05) is 11.9 Å². The number of ether oxygens (including phenoxy) is 1. The molecule has 1 aliphatic rings. The molecule has 0 spiro atoms. The topological polar surface area (TPSA) is 64.3 Å². The molecule has 24 heavy (non-hydrogen) atoms. The molecule has 6 nitrogen and oxygen atoms in total. The largest absolute Gasteiger partial charge is 0.493 e. The van der Waals surface area contributed by atoms with Gasteiger partial charge in [-0.25, -0.2) is 4.98 Å². The molecule has 1 atom stereocenters. The average Bonchev–Trinajstić information content (AvgIpc) is 3.03. The molecule has 0 fully saturated rings. The summed E-state index contributed by atoms with van der Waals surface area (Å²) in [6.45, 7) is 0.479. The van der Waals surface area contributed by atoms with Crippen molar-refractivity contribution in [1.29, 1.82) is 0 Å². The van der Waals surface area contributed by atoms with Crippen molar-refractivity contribution in [3.8, 4) is 5.75 Å². The van der Waals surface area contributed by atoms with Crippen molar-refractivity contribution < 1.29 is 17.9 Å². The third-order valence-corrected chi connectivity index (χ3v) is 3.82. The van der Waals surface area contributed by atoms with Crippen LogP contribution < -0.4 is 10.1 Å². The van der Waals surface area contributed by atoms with E-state index in [0.29, 0.717) is 13.0 Å². The summed E-state index contributed by atoms with van der Waals surface area (Å²) in [6.07, 6.45) is -2.76. The predicted octanol–water partition coefficient (Wildman–Crippen LogP) is 3.08. The van der Waals surface area contributed by atoms with Gasteiger partial charge in [0.2, 0.25) is 0 Å². The van der Waals surface area contributed by atoms with Crippen LogP contribution in [0.25, 0.3) is 5.78 Å². The van der Waals surface area contributed by atoms with E-state index in [-0.39, 0.29) is 17.6 Å². The second-order valence-electron chi connectivity index (χ2n) is 5.37. The Morgan fingerprint density at radius 1 is 1.25 bits per heavy atom. The molecule has 0 saturated carbocycles. The second kappa shape index (κ2) is 5.36. The number of fused-ring (bicyclic) bond motifs is 2. The number of anilines is 1. The van der Waals surface area contributed by atoms with E-state index in [4.69, 9.17) is 4.74 Å².